The Morgan fingerprint density at radius 2 is 1.06 bits per heavy atom. The molecule has 0 bridgehead atoms. The summed E-state index contributed by atoms with van der Waals surface area (Å²) in [4.78, 5) is 20.2. The molecule has 9 N–H and O–H groups in total. The van der Waals surface area contributed by atoms with E-state index in [1.807, 2.05) is 6.92 Å². The van der Waals surface area contributed by atoms with E-state index in [1.165, 1.54) is 38.5 Å². The molecule has 0 aromatic heterocycles. The van der Waals surface area contributed by atoms with Gasteiger partial charge in [-0.3, -0.25) is 9.05 Å². The lowest BCUT2D eigenvalue weighted by Gasteiger charge is -2.45. The third-order valence-corrected chi connectivity index (χ3v) is 12.2. The average molecular weight is 783 g/mol. The maximum atomic E-state index is 12.6. The van der Waals surface area contributed by atoms with Crippen LogP contribution < -0.4 is 0 Å². The highest BCUT2D eigenvalue weighted by molar-refractivity contribution is 7.61. The van der Waals surface area contributed by atoms with Crippen molar-refractivity contribution in [1.82, 2.24) is 0 Å². The molecule has 2 rings (SSSR count). The van der Waals surface area contributed by atoms with Crippen molar-refractivity contribution in [3.8, 4) is 0 Å². The number of rotatable bonds is 24. The average Bonchev–Trinajstić information content (AvgIpc) is 3.03. The van der Waals surface area contributed by atoms with Gasteiger partial charge in [0.05, 0.1) is 19.8 Å². The van der Waals surface area contributed by atoms with Crippen LogP contribution in [0.25, 0.3) is 0 Å². The summed E-state index contributed by atoms with van der Waals surface area (Å²) in [5, 5.41) is 70.6. The molecule has 0 saturated carbocycles. The second-order valence-electron chi connectivity index (χ2n) is 14.8. The molecular weight excluding hydrogens is 718 g/mol. The van der Waals surface area contributed by atoms with Crippen LogP contribution in [0.4, 0.5) is 0 Å². The van der Waals surface area contributed by atoms with Crippen LogP contribution >= 0.6 is 15.6 Å². The molecule has 0 aromatic carbocycles. The van der Waals surface area contributed by atoms with Gasteiger partial charge < -0.3 is 59.7 Å². The molecule has 304 valence electrons. The van der Waals surface area contributed by atoms with Crippen LogP contribution in [-0.4, -0.2) is 127 Å². The van der Waals surface area contributed by atoms with E-state index >= 15 is 0 Å². The third kappa shape index (κ3) is 16.2. The van der Waals surface area contributed by atoms with Gasteiger partial charge in [0.1, 0.15) is 48.8 Å². The van der Waals surface area contributed by atoms with E-state index in [4.69, 9.17) is 23.3 Å². The van der Waals surface area contributed by atoms with E-state index in [-0.39, 0.29) is 12.5 Å². The van der Waals surface area contributed by atoms with E-state index in [1.54, 1.807) is 0 Å². The topological polar surface area (TPSA) is 272 Å². The molecule has 51 heavy (non-hydrogen) atoms. The Bertz CT molecular complexity index is 1070. The highest BCUT2D eigenvalue weighted by atomic mass is 31.3. The van der Waals surface area contributed by atoms with Crippen LogP contribution in [0.3, 0.4) is 0 Å². The van der Waals surface area contributed by atoms with Gasteiger partial charge in [-0.1, -0.05) is 92.4 Å². The zero-order chi connectivity index (χ0) is 38.5. The Kier molecular flexibility index (Phi) is 20.7. The minimum Gasteiger partial charge on any atom is -0.394 e. The zero-order valence-corrected chi connectivity index (χ0v) is 32.2. The van der Waals surface area contributed by atoms with Gasteiger partial charge >= 0.3 is 15.6 Å². The predicted molar refractivity (Wildman–Crippen MR) is 183 cm³/mol. The number of hydrogen-bond acceptors (Lipinski definition) is 15. The van der Waals surface area contributed by atoms with Crippen LogP contribution in [-0.2, 0) is 36.7 Å². The largest absolute Gasteiger partial charge is 0.483 e. The number of phosphoric acid groups is 2. The number of phosphoric ester groups is 2. The monoisotopic (exact) mass is 782 g/mol. The fourth-order valence-corrected chi connectivity index (χ4v) is 8.41. The maximum absolute atomic E-state index is 12.6. The molecule has 2 fully saturated rings. The van der Waals surface area contributed by atoms with Crippen LogP contribution in [0.15, 0.2) is 0 Å². The second kappa shape index (κ2) is 22.4. The van der Waals surface area contributed by atoms with Gasteiger partial charge in [0.2, 0.25) is 0 Å². The van der Waals surface area contributed by atoms with Gasteiger partial charge in [-0.25, -0.2) is 9.13 Å². The molecule has 2 heterocycles. The van der Waals surface area contributed by atoms with Gasteiger partial charge in [-0.2, -0.15) is 4.31 Å². The summed E-state index contributed by atoms with van der Waals surface area (Å²) in [5.74, 6) is 2.23. The third-order valence-electron chi connectivity index (χ3n) is 9.53. The summed E-state index contributed by atoms with van der Waals surface area (Å²) < 4.78 is 54.9. The number of aliphatic hydroxyl groups excluding tert-OH is 7. The summed E-state index contributed by atoms with van der Waals surface area (Å²) in [6, 6.07) is 0. The quantitative estimate of drug-likeness (QED) is 0.0636. The van der Waals surface area contributed by atoms with Gasteiger partial charge in [0.15, 0.2) is 12.6 Å². The summed E-state index contributed by atoms with van der Waals surface area (Å²) >= 11 is 0. The van der Waals surface area contributed by atoms with E-state index < -0.39 is 90.3 Å². The summed E-state index contributed by atoms with van der Waals surface area (Å²) in [6.07, 6.45) is -7.56. The normalized spacial score (nSPS) is 34.5. The number of hydrogen-bond donors (Lipinski definition) is 9. The van der Waals surface area contributed by atoms with Crippen LogP contribution in [0.5, 0.6) is 0 Å². The summed E-state index contributed by atoms with van der Waals surface area (Å²) in [7, 11) is -10.7. The van der Waals surface area contributed by atoms with Crippen molar-refractivity contribution in [2.75, 3.05) is 19.8 Å². The lowest BCUT2D eigenvalue weighted by molar-refractivity contribution is -0.353. The van der Waals surface area contributed by atoms with Crippen LogP contribution in [0.2, 0.25) is 0 Å². The fourth-order valence-electron chi connectivity index (χ4n) is 6.25. The van der Waals surface area contributed by atoms with Crippen molar-refractivity contribution < 1.29 is 82.2 Å². The molecule has 15 atom stereocenters. The SMILES string of the molecule is CC(C)CCCC(C)CCCC(C)CCCC(C)CCOP(=O)(O)OP(=O)(O)O[C@H]1O[C@H](CO)[C@@H](O[C@@H]2O[C@H](CO)[C@@H](O)[C@H](O)[C@H]2O)[C@H](O)[C@H]1O. The van der Waals surface area contributed by atoms with Crippen molar-refractivity contribution in [2.24, 2.45) is 23.7 Å². The van der Waals surface area contributed by atoms with Gasteiger partial charge in [0.25, 0.3) is 0 Å². The Morgan fingerprint density at radius 1 is 0.588 bits per heavy atom. The molecule has 2 aliphatic heterocycles. The first-order valence-corrected chi connectivity index (χ1v) is 21.1. The Hall–Kier alpha value is -0.140. The van der Waals surface area contributed by atoms with Crippen molar-refractivity contribution in [3.63, 3.8) is 0 Å². The molecule has 17 nitrogen and oxygen atoms in total. The van der Waals surface area contributed by atoms with Crippen molar-refractivity contribution in [2.45, 2.75) is 160 Å². The zero-order valence-electron chi connectivity index (χ0n) is 30.5. The first kappa shape index (κ1) is 47.0. The minimum atomic E-state index is -5.50. The first-order valence-electron chi connectivity index (χ1n) is 18.1. The van der Waals surface area contributed by atoms with Gasteiger partial charge in [-0.15, -0.1) is 0 Å². The van der Waals surface area contributed by atoms with E-state index in [0.717, 1.165) is 31.1 Å². The standard InChI is InChI=1S/C32H64O17P2/c1-19(2)9-6-10-20(3)11-7-12-21(4)13-8-14-22(5)15-16-44-50(40,41)49-51(42,43)48-32-29(39)27(37)30(24(18-34)46-32)47-31-28(38)26(36)25(35)23(17-33)45-31/h19-39H,6-18H2,1-5H3,(H,40,41)(H,42,43)/t20?,21?,22?,23-,24-,25-,26+,27-,28-,29-,30-,31+,32-/m1/s1. The number of ether oxygens (including phenoxy) is 3. The fraction of sp³-hybridized carbons (Fsp3) is 1.00. The van der Waals surface area contributed by atoms with E-state index in [2.05, 4.69) is 32.0 Å². The summed E-state index contributed by atoms with van der Waals surface area (Å²) in [5.41, 5.74) is 0. The minimum absolute atomic E-state index is 0.135. The molecule has 5 unspecified atom stereocenters. The second-order valence-corrected chi connectivity index (χ2v) is 17.7. The maximum Gasteiger partial charge on any atom is 0.483 e. The molecule has 0 aromatic rings. The molecule has 19 heteroatoms. The van der Waals surface area contributed by atoms with Crippen LogP contribution in [0, 0.1) is 23.7 Å². The molecule has 0 spiro atoms. The smallest absolute Gasteiger partial charge is 0.394 e. The van der Waals surface area contributed by atoms with E-state index in [9.17, 15) is 54.7 Å². The van der Waals surface area contributed by atoms with Gasteiger partial charge in [0, 0.05) is 0 Å². The lowest BCUT2D eigenvalue weighted by atomic mass is 9.91. The molecule has 2 aliphatic rings. The summed E-state index contributed by atoms with van der Waals surface area (Å²) in [6.45, 7) is 9.08. The van der Waals surface area contributed by atoms with Crippen LogP contribution in [0.1, 0.15) is 98.8 Å². The lowest BCUT2D eigenvalue weighted by Crippen LogP contribution is -2.64. The Labute approximate surface area is 301 Å². The molecular formula is C32H64O17P2. The van der Waals surface area contributed by atoms with E-state index in [0.29, 0.717) is 12.3 Å². The first-order chi connectivity index (χ1) is 23.8. The molecule has 2 saturated heterocycles. The Balaban J connectivity index is 1.76. The Morgan fingerprint density at radius 3 is 1.57 bits per heavy atom. The number of aliphatic hydroxyl groups is 7. The van der Waals surface area contributed by atoms with Crippen molar-refractivity contribution in [1.29, 1.82) is 0 Å². The van der Waals surface area contributed by atoms with Gasteiger partial charge in [-0.05, 0) is 30.1 Å². The molecule has 0 amide bonds. The highest BCUT2D eigenvalue weighted by Gasteiger charge is 2.52. The van der Waals surface area contributed by atoms with Crippen molar-refractivity contribution >= 4 is 15.6 Å². The highest BCUT2D eigenvalue weighted by Crippen LogP contribution is 2.61. The molecule has 0 radical (unpaired) electrons. The van der Waals surface area contributed by atoms with Crippen molar-refractivity contribution in [3.05, 3.63) is 0 Å². The predicted octanol–water partition coefficient (Wildman–Crippen LogP) is 2.33. The molecule has 0 aliphatic carbocycles.